The summed E-state index contributed by atoms with van der Waals surface area (Å²) in [6.45, 7) is 5.16. The summed E-state index contributed by atoms with van der Waals surface area (Å²) in [6.07, 6.45) is 7.32. The second-order valence-electron chi connectivity index (χ2n) is 6.24. The first-order chi connectivity index (χ1) is 11.2. The SMILES string of the molecule is CCC(CC)C(=O)Nc1ccccc1-c1cn2c(n1)CCCC2. The third-order valence-electron chi connectivity index (χ3n) is 4.73. The second-order valence-corrected chi connectivity index (χ2v) is 6.24. The van der Waals surface area contributed by atoms with E-state index in [2.05, 4.69) is 29.9 Å². The maximum atomic E-state index is 12.4. The van der Waals surface area contributed by atoms with Crippen molar-refractivity contribution in [1.82, 2.24) is 9.55 Å². The molecule has 4 nitrogen and oxygen atoms in total. The Bertz CT molecular complexity index is 662. The number of amides is 1. The number of aromatic nitrogens is 2. The number of anilines is 1. The lowest BCUT2D eigenvalue weighted by atomic mass is 10.0. The average Bonchev–Trinajstić information content (AvgIpc) is 3.00. The summed E-state index contributed by atoms with van der Waals surface area (Å²) in [5, 5.41) is 3.10. The molecule has 1 amide bonds. The number of hydrogen-bond donors (Lipinski definition) is 1. The molecule has 0 aliphatic carbocycles. The first-order valence-electron chi connectivity index (χ1n) is 8.69. The minimum atomic E-state index is 0.0678. The number of imidazole rings is 1. The molecular formula is C19H25N3O. The van der Waals surface area contributed by atoms with Gasteiger partial charge in [0.15, 0.2) is 0 Å². The highest BCUT2D eigenvalue weighted by atomic mass is 16.1. The van der Waals surface area contributed by atoms with Gasteiger partial charge < -0.3 is 9.88 Å². The van der Waals surface area contributed by atoms with Crippen LogP contribution in [0.15, 0.2) is 30.5 Å². The molecule has 0 fully saturated rings. The summed E-state index contributed by atoms with van der Waals surface area (Å²) in [7, 11) is 0. The van der Waals surface area contributed by atoms with Gasteiger partial charge in [-0.3, -0.25) is 4.79 Å². The molecule has 0 unspecified atom stereocenters. The van der Waals surface area contributed by atoms with E-state index in [0.717, 1.165) is 48.6 Å². The summed E-state index contributed by atoms with van der Waals surface area (Å²) >= 11 is 0. The van der Waals surface area contributed by atoms with Crippen molar-refractivity contribution in [2.45, 2.75) is 52.5 Å². The number of benzene rings is 1. The van der Waals surface area contributed by atoms with Gasteiger partial charge in [-0.25, -0.2) is 4.98 Å². The highest BCUT2D eigenvalue weighted by molar-refractivity contribution is 5.96. The van der Waals surface area contributed by atoms with E-state index in [9.17, 15) is 4.79 Å². The van der Waals surface area contributed by atoms with Crippen molar-refractivity contribution in [2.75, 3.05) is 5.32 Å². The molecule has 0 radical (unpaired) electrons. The molecule has 0 saturated heterocycles. The summed E-state index contributed by atoms with van der Waals surface area (Å²) in [4.78, 5) is 17.2. The number of aryl methyl sites for hydroxylation is 2. The summed E-state index contributed by atoms with van der Waals surface area (Å²) in [5.41, 5.74) is 2.83. The molecule has 1 aliphatic heterocycles. The molecule has 1 aliphatic rings. The first-order valence-corrected chi connectivity index (χ1v) is 8.69. The third-order valence-corrected chi connectivity index (χ3v) is 4.73. The smallest absolute Gasteiger partial charge is 0.227 e. The molecule has 23 heavy (non-hydrogen) atoms. The summed E-state index contributed by atoms with van der Waals surface area (Å²) < 4.78 is 2.25. The number of hydrogen-bond acceptors (Lipinski definition) is 2. The highest BCUT2D eigenvalue weighted by Crippen LogP contribution is 2.29. The van der Waals surface area contributed by atoms with E-state index >= 15 is 0 Å². The van der Waals surface area contributed by atoms with Gasteiger partial charge in [0.1, 0.15) is 5.82 Å². The molecule has 1 aromatic heterocycles. The van der Waals surface area contributed by atoms with Gasteiger partial charge in [-0.05, 0) is 31.7 Å². The van der Waals surface area contributed by atoms with Crippen LogP contribution < -0.4 is 5.32 Å². The van der Waals surface area contributed by atoms with Gasteiger partial charge in [0, 0.05) is 30.6 Å². The van der Waals surface area contributed by atoms with Gasteiger partial charge >= 0.3 is 0 Å². The van der Waals surface area contributed by atoms with Gasteiger partial charge in [0.05, 0.1) is 11.4 Å². The van der Waals surface area contributed by atoms with E-state index in [4.69, 9.17) is 4.98 Å². The zero-order valence-electron chi connectivity index (χ0n) is 14.0. The van der Waals surface area contributed by atoms with Crippen molar-refractivity contribution in [2.24, 2.45) is 5.92 Å². The van der Waals surface area contributed by atoms with E-state index in [-0.39, 0.29) is 11.8 Å². The van der Waals surface area contributed by atoms with Crippen molar-refractivity contribution in [3.8, 4) is 11.3 Å². The molecule has 0 bridgehead atoms. The molecule has 4 heteroatoms. The minimum Gasteiger partial charge on any atom is -0.334 e. The van der Waals surface area contributed by atoms with Crippen LogP contribution in [0.25, 0.3) is 11.3 Å². The van der Waals surface area contributed by atoms with Crippen molar-refractivity contribution in [1.29, 1.82) is 0 Å². The lowest BCUT2D eigenvalue weighted by Gasteiger charge is -2.14. The molecule has 2 heterocycles. The number of fused-ring (bicyclic) bond motifs is 1. The molecule has 3 rings (SSSR count). The maximum Gasteiger partial charge on any atom is 0.227 e. The number of nitrogens with one attached hydrogen (secondary N) is 1. The molecule has 122 valence electrons. The fraction of sp³-hybridized carbons (Fsp3) is 0.474. The number of carbonyl (C=O) groups is 1. The lowest BCUT2D eigenvalue weighted by Crippen LogP contribution is -2.21. The third kappa shape index (κ3) is 3.31. The standard InChI is InChI=1S/C19H25N3O/c1-3-14(4-2)19(23)21-16-10-6-5-9-15(16)17-13-22-12-8-7-11-18(22)20-17/h5-6,9-10,13-14H,3-4,7-8,11-12H2,1-2H3,(H,21,23). The first kappa shape index (κ1) is 15.8. The highest BCUT2D eigenvalue weighted by Gasteiger charge is 2.18. The van der Waals surface area contributed by atoms with E-state index < -0.39 is 0 Å². The minimum absolute atomic E-state index is 0.0678. The largest absolute Gasteiger partial charge is 0.334 e. The molecule has 1 N–H and O–H groups in total. The lowest BCUT2D eigenvalue weighted by molar-refractivity contribution is -0.120. The van der Waals surface area contributed by atoms with Gasteiger partial charge in [-0.15, -0.1) is 0 Å². The fourth-order valence-electron chi connectivity index (χ4n) is 3.25. The Morgan fingerprint density at radius 1 is 1.26 bits per heavy atom. The molecule has 0 atom stereocenters. The molecule has 0 saturated carbocycles. The van der Waals surface area contributed by atoms with Crippen LogP contribution in [0.1, 0.15) is 45.4 Å². The monoisotopic (exact) mass is 311 g/mol. The molecular weight excluding hydrogens is 286 g/mol. The Kier molecular flexibility index (Phi) is 4.79. The van der Waals surface area contributed by atoms with Crippen LogP contribution in [0.5, 0.6) is 0 Å². The second kappa shape index (κ2) is 6.99. The Labute approximate surface area is 137 Å². The average molecular weight is 311 g/mol. The van der Waals surface area contributed by atoms with E-state index in [0.29, 0.717) is 0 Å². The molecule has 2 aromatic rings. The van der Waals surface area contributed by atoms with Gasteiger partial charge in [-0.2, -0.15) is 0 Å². The molecule has 1 aromatic carbocycles. The van der Waals surface area contributed by atoms with Crippen molar-refractivity contribution in [3.63, 3.8) is 0 Å². The van der Waals surface area contributed by atoms with Gasteiger partial charge in [0.2, 0.25) is 5.91 Å². The van der Waals surface area contributed by atoms with Crippen LogP contribution in [0, 0.1) is 5.92 Å². The maximum absolute atomic E-state index is 12.4. The zero-order chi connectivity index (χ0) is 16.2. The summed E-state index contributed by atoms with van der Waals surface area (Å²) in [6, 6.07) is 7.97. The van der Waals surface area contributed by atoms with E-state index in [1.165, 1.54) is 12.8 Å². The van der Waals surface area contributed by atoms with Crippen molar-refractivity contribution >= 4 is 11.6 Å². The quantitative estimate of drug-likeness (QED) is 0.896. The van der Waals surface area contributed by atoms with Crippen LogP contribution in [0.3, 0.4) is 0 Å². The Balaban J connectivity index is 1.89. The van der Waals surface area contributed by atoms with Crippen LogP contribution in [0.2, 0.25) is 0 Å². The Morgan fingerprint density at radius 2 is 2.04 bits per heavy atom. The fourth-order valence-corrected chi connectivity index (χ4v) is 3.25. The predicted molar refractivity (Wildman–Crippen MR) is 93.3 cm³/mol. The topological polar surface area (TPSA) is 46.9 Å². The summed E-state index contributed by atoms with van der Waals surface area (Å²) in [5.74, 6) is 1.33. The van der Waals surface area contributed by atoms with E-state index in [1.54, 1.807) is 0 Å². The Hall–Kier alpha value is -2.10. The van der Waals surface area contributed by atoms with Gasteiger partial charge in [0.25, 0.3) is 0 Å². The van der Waals surface area contributed by atoms with Crippen LogP contribution >= 0.6 is 0 Å². The number of para-hydroxylation sites is 1. The predicted octanol–water partition coefficient (Wildman–Crippen LogP) is 4.26. The number of carbonyl (C=O) groups excluding carboxylic acids is 1. The van der Waals surface area contributed by atoms with Crippen LogP contribution in [-0.2, 0) is 17.8 Å². The van der Waals surface area contributed by atoms with Gasteiger partial charge in [-0.1, -0.05) is 32.0 Å². The normalized spacial score (nSPS) is 13.9. The zero-order valence-corrected chi connectivity index (χ0v) is 14.0. The number of rotatable bonds is 5. The van der Waals surface area contributed by atoms with E-state index in [1.807, 2.05) is 24.3 Å². The van der Waals surface area contributed by atoms with Crippen LogP contribution in [-0.4, -0.2) is 15.5 Å². The van der Waals surface area contributed by atoms with Crippen LogP contribution in [0.4, 0.5) is 5.69 Å². The Morgan fingerprint density at radius 3 is 2.78 bits per heavy atom. The van der Waals surface area contributed by atoms with Crippen molar-refractivity contribution in [3.05, 3.63) is 36.3 Å². The molecule has 0 spiro atoms. The number of nitrogens with zero attached hydrogens (tertiary/aromatic N) is 2. The van der Waals surface area contributed by atoms with Crippen molar-refractivity contribution < 1.29 is 4.79 Å².